The molecule has 1 fully saturated rings. The molecule has 1 aromatic heterocycles. The summed E-state index contributed by atoms with van der Waals surface area (Å²) in [6.45, 7) is 0.935. The van der Waals surface area contributed by atoms with Crippen LogP contribution in [0.3, 0.4) is 0 Å². The number of rotatable bonds is 5. The normalized spacial score (nSPS) is 16.4. The van der Waals surface area contributed by atoms with Gasteiger partial charge in [0.1, 0.15) is 5.82 Å². The SMILES string of the molecule is Clc1cnc(NCCCC2CCCC2)c(Cl)c1. The van der Waals surface area contributed by atoms with Gasteiger partial charge in [0.2, 0.25) is 0 Å². The molecule has 2 nitrogen and oxygen atoms in total. The van der Waals surface area contributed by atoms with Gasteiger partial charge in [0, 0.05) is 12.7 Å². The Hall–Kier alpha value is -0.470. The number of pyridine rings is 1. The maximum atomic E-state index is 6.03. The van der Waals surface area contributed by atoms with Crippen molar-refractivity contribution in [3.8, 4) is 0 Å². The molecular formula is C13H18Cl2N2. The summed E-state index contributed by atoms with van der Waals surface area (Å²) in [5, 5.41) is 4.43. The topological polar surface area (TPSA) is 24.9 Å². The average molecular weight is 273 g/mol. The van der Waals surface area contributed by atoms with Crippen molar-refractivity contribution in [2.75, 3.05) is 11.9 Å². The van der Waals surface area contributed by atoms with Crippen molar-refractivity contribution in [1.29, 1.82) is 0 Å². The molecule has 1 aromatic rings. The zero-order valence-electron chi connectivity index (χ0n) is 9.88. The van der Waals surface area contributed by atoms with Gasteiger partial charge < -0.3 is 5.32 Å². The Bertz CT molecular complexity index is 362. The molecule has 1 heterocycles. The molecule has 1 N–H and O–H groups in total. The molecule has 2 rings (SSSR count). The van der Waals surface area contributed by atoms with Crippen LogP contribution >= 0.6 is 23.2 Å². The minimum absolute atomic E-state index is 0.575. The van der Waals surface area contributed by atoms with Gasteiger partial charge >= 0.3 is 0 Å². The van der Waals surface area contributed by atoms with Crippen LogP contribution in [0.25, 0.3) is 0 Å². The van der Waals surface area contributed by atoms with E-state index in [1.807, 2.05) is 0 Å². The van der Waals surface area contributed by atoms with Crippen LogP contribution in [0.15, 0.2) is 12.3 Å². The molecule has 94 valence electrons. The summed E-state index contributed by atoms with van der Waals surface area (Å²) in [6.07, 6.45) is 9.79. The minimum atomic E-state index is 0.575. The highest BCUT2D eigenvalue weighted by atomic mass is 35.5. The van der Waals surface area contributed by atoms with Gasteiger partial charge in [-0.15, -0.1) is 0 Å². The van der Waals surface area contributed by atoms with Gasteiger partial charge in [0.15, 0.2) is 0 Å². The molecule has 0 unspecified atom stereocenters. The molecule has 0 aromatic carbocycles. The molecular weight excluding hydrogens is 255 g/mol. The molecule has 1 aliphatic rings. The first kappa shape index (κ1) is 13.0. The number of hydrogen-bond acceptors (Lipinski definition) is 2. The van der Waals surface area contributed by atoms with Crippen LogP contribution in [-0.2, 0) is 0 Å². The van der Waals surface area contributed by atoms with Crippen molar-refractivity contribution in [3.05, 3.63) is 22.3 Å². The Morgan fingerprint density at radius 1 is 1.29 bits per heavy atom. The highest BCUT2D eigenvalue weighted by Gasteiger charge is 2.14. The molecule has 0 bridgehead atoms. The van der Waals surface area contributed by atoms with Crippen LogP contribution in [-0.4, -0.2) is 11.5 Å². The monoisotopic (exact) mass is 272 g/mol. The van der Waals surface area contributed by atoms with Gasteiger partial charge in [-0.2, -0.15) is 0 Å². The highest BCUT2D eigenvalue weighted by Crippen LogP contribution is 2.28. The van der Waals surface area contributed by atoms with E-state index in [1.165, 1.54) is 38.5 Å². The summed E-state index contributed by atoms with van der Waals surface area (Å²) in [7, 11) is 0. The number of nitrogens with zero attached hydrogens (tertiary/aromatic N) is 1. The first-order valence-electron chi connectivity index (χ1n) is 6.30. The summed E-state index contributed by atoms with van der Waals surface area (Å²) in [6, 6.07) is 1.72. The predicted molar refractivity (Wildman–Crippen MR) is 73.9 cm³/mol. The van der Waals surface area contributed by atoms with E-state index < -0.39 is 0 Å². The molecule has 0 saturated heterocycles. The molecule has 0 aliphatic heterocycles. The van der Waals surface area contributed by atoms with E-state index in [9.17, 15) is 0 Å². The molecule has 17 heavy (non-hydrogen) atoms. The summed E-state index contributed by atoms with van der Waals surface area (Å²) < 4.78 is 0. The molecule has 0 radical (unpaired) electrons. The number of nitrogens with one attached hydrogen (secondary N) is 1. The fraction of sp³-hybridized carbons (Fsp3) is 0.615. The second-order valence-electron chi connectivity index (χ2n) is 4.70. The largest absolute Gasteiger partial charge is 0.369 e. The Morgan fingerprint density at radius 3 is 2.76 bits per heavy atom. The third kappa shape index (κ3) is 4.04. The molecule has 4 heteroatoms. The lowest BCUT2D eigenvalue weighted by Crippen LogP contribution is -2.05. The van der Waals surface area contributed by atoms with Gasteiger partial charge in [-0.1, -0.05) is 48.9 Å². The smallest absolute Gasteiger partial charge is 0.144 e. The van der Waals surface area contributed by atoms with Crippen LogP contribution in [0.5, 0.6) is 0 Å². The van der Waals surface area contributed by atoms with E-state index >= 15 is 0 Å². The maximum Gasteiger partial charge on any atom is 0.144 e. The first-order chi connectivity index (χ1) is 8.25. The van der Waals surface area contributed by atoms with Crippen molar-refractivity contribution in [2.45, 2.75) is 38.5 Å². The van der Waals surface area contributed by atoms with Crippen molar-refractivity contribution in [2.24, 2.45) is 5.92 Å². The van der Waals surface area contributed by atoms with E-state index in [0.29, 0.717) is 10.0 Å². The van der Waals surface area contributed by atoms with Crippen molar-refractivity contribution < 1.29 is 0 Å². The van der Waals surface area contributed by atoms with Gasteiger partial charge in [0.25, 0.3) is 0 Å². The Kier molecular flexibility index (Phi) is 4.93. The van der Waals surface area contributed by atoms with Crippen LogP contribution in [0.2, 0.25) is 10.0 Å². The van der Waals surface area contributed by atoms with Gasteiger partial charge in [0.05, 0.1) is 10.0 Å². The molecule has 0 atom stereocenters. The Balaban J connectivity index is 1.70. The standard InChI is InChI=1S/C13H18Cl2N2/c14-11-8-12(15)13(17-9-11)16-7-3-6-10-4-1-2-5-10/h8-10H,1-7H2,(H,16,17). The molecule has 1 saturated carbocycles. The lowest BCUT2D eigenvalue weighted by molar-refractivity contribution is 0.491. The molecule has 0 spiro atoms. The van der Waals surface area contributed by atoms with Gasteiger partial charge in [-0.05, 0) is 24.8 Å². The van der Waals surface area contributed by atoms with E-state index in [0.717, 1.165) is 18.3 Å². The Morgan fingerprint density at radius 2 is 2.06 bits per heavy atom. The second-order valence-corrected chi connectivity index (χ2v) is 5.55. The van der Waals surface area contributed by atoms with Gasteiger partial charge in [-0.3, -0.25) is 0 Å². The zero-order chi connectivity index (χ0) is 12.1. The van der Waals surface area contributed by atoms with E-state index in [4.69, 9.17) is 23.2 Å². The maximum absolute atomic E-state index is 6.03. The third-order valence-electron chi connectivity index (χ3n) is 3.36. The number of anilines is 1. The van der Waals surface area contributed by atoms with Crippen molar-refractivity contribution >= 4 is 29.0 Å². The van der Waals surface area contributed by atoms with Crippen LogP contribution in [0, 0.1) is 5.92 Å². The average Bonchev–Trinajstić information content (AvgIpc) is 2.79. The Labute approximate surface area is 113 Å². The van der Waals surface area contributed by atoms with Crippen molar-refractivity contribution in [3.63, 3.8) is 0 Å². The lowest BCUT2D eigenvalue weighted by atomic mass is 10.0. The fourth-order valence-electron chi connectivity index (χ4n) is 2.44. The van der Waals surface area contributed by atoms with Gasteiger partial charge in [-0.25, -0.2) is 4.98 Å². The summed E-state index contributed by atoms with van der Waals surface area (Å²) >= 11 is 11.8. The summed E-state index contributed by atoms with van der Waals surface area (Å²) in [5.41, 5.74) is 0. The van der Waals surface area contributed by atoms with E-state index in [1.54, 1.807) is 12.3 Å². The van der Waals surface area contributed by atoms with E-state index in [-0.39, 0.29) is 0 Å². The third-order valence-corrected chi connectivity index (χ3v) is 3.86. The van der Waals surface area contributed by atoms with Crippen LogP contribution in [0.1, 0.15) is 38.5 Å². The fourth-order valence-corrected chi connectivity index (χ4v) is 2.89. The number of hydrogen-bond donors (Lipinski definition) is 1. The zero-order valence-corrected chi connectivity index (χ0v) is 11.4. The predicted octanol–water partition coefficient (Wildman–Crippen LogP) is 4.77. The van der Waals surface area contributed by atoms with Crippen LogP contribution in [0.4, 0.5) is 5.82 Å². The molecule has 1 aliphatic carbocycles. The minimum Gasteiger partial charge on any atom is -0.369 e. The van der Waals surface area contributed by atoms with Crippen LogP contribution < -0.4 is 5.32 Å². The number of aromatic nitrogens is 1. The summed E-state index contributed by atoms with van der Waals surface area (Å²) in [4.78, 5) is 4.17. The first-order valence-corrected chi connectivity index (χ1v) is 7.06. The lowest BCUT2D eigenvalue weighted by Gasteiger charge is -2.10. The quantitative estimate of drug-likeness (QED) is 0.781. The highest BCUT2D eigenvalue weighted by molar-refractivity contribution is 6.35. The summed E-state index contributed by atoms with van der Waals surface area (Å²) in [5.74, 6) is 1.69. The van der Waals surface area contributed by atoms with Crippen molar-refractivity contribution in [1.82, 2.24) is 4.98 Å². The number of halogens is 2. The second kappa shape index (κ2) is 6.46. The van der Waals surface area contributed by atoms with E-state index in [2.05, 4.69) is 10.3 Å². The molecule has 0 amide bonds.